The van der Waals surface area contributed by atoms with E-state index in [-0.39, 0.29) is 11.9 Å². The molecule has 6 heteroatoms. The largest absolute Gasteiger partial charge is 0.368 e. The first-order valence-electron chi connectivity index (χ1n) is 5.45. The molecule has 0 atom stereocenters. The monoisotopic (exact) mass is 262 g/mol. The second-order valence-electron chi connectivity index (χ2n) is 3.99. The van der Waals surface area contributed by atoms with Gasteiger partial charge in [0, 0.05) is 17.6 Å². The Balaban J connectivity index is 2.15. The van der Waals surface area contributed by atoms with Gasteiger partial charge in [0.15, 0.2) is 0 Å². The quantitative estimate of drug-likeness (QED) is 0.913. The number of carbonyl (C=O) groups is 1. The fraction of sp³-hybridized carbons (Fsp3) is 0.250. The van der Waals surface area contributed by atoms with Gasteiger partial charge in [-0.3, -0.25) is 4.79 Å². The lowest BCUT2D eigenvalue weighted by molar-refractivity contribution is 0.0780. The molecule has 0 saturated carbocycles. The standard InChI is InChI=1S/C12H14N4OS/c1-8-6-10(15-12(13)14-8)11(17)16(2)7-9-4-3-5-18-9/h3-6H,7H2,1-2H3,(H2,13,14,15). The van der Waals surface area contributed by atoms with Gasteiger partial charge in [0.25, 0.3) is 5.91 Å². The minimum Gasteiger partial charge on any atom is -0.368 e. The molecule has 94 valence electrons. The third-order valence-electron chi connectivity index (χ3n) is 2.41. The van der Waals surface area contributed by atoms with E-state index in [0.29, 0.717) is 17.9 Å². The van der Waals surface area contributed by atoms with Gasteiger partial charge < -0.3 is 10.6 Å². The first-order valence-corrected chi connectivity index (χ1v) is 6.33. The normalized spacial score (nSPS) is 10.3. The van der Waals surface area contributed by atoms with E-state index in [2.05, 4.69) is 9.97 Å². The van der Waals surface area contributed by atoms with Crippen molar-refractivity contribution in [3.8, 4) is 0 Å². The number of hydrogen-bond donors (Lipinski definition) is 1. The molecule has 0 saturated heterocycles. The number of thiophene rings is 1. The van der Waals surface area contributed by atoms with Crippen LogP contribution in [0, 0.1) is 6.92 Å². The number of hydrogen-bond acceptors (Lipinski definition) is 5. The van der Waals surface area contributed by atoms with Crippen LogP contribution in [-0.4, -0.2) is 27.8 Å². The van der Waals surface area contributed by atoms with Crippen molar-refractivity contribution < 1.29 is 4.79 Å². The van der Waals surface area contributed by atoms with Gasteiger partial charge in [-0.25, -0.2) is 9.97 Å². The van der Waals surface area contributed by atoms with E-state index >= 15 is 0 Å². The van der Waals surface area contributed by atoms with E-state index in [9.17, 15) is 4.79 Å². The number of aryl methyl sites for hydroxylation is 1. The fourth-order valence-corrected chi connectivity index (χ4v) is 2.36. The zero-order valence-electron chi connectivity index (χ0n) is 10.3. The number of aromatic nitrogens is 2. The van der Waals surface area contributed by atoms with Crippen molar-refractivity contribution in [1.82, 2.24) is 14.9 Å². The summed E-state index contributed by atoms with van der Waals surface area (Å²) in [7, 11) is 1.75. The lowest BCUT2D eigenvalue weighted by atomic mass is 10.3. The summed E-state index contributed by atoms with van der Waals surface area (Å²) in [6.45, 7) is 2.35. The van der Waals surface area contributed by atoms with Crippen LogP contribution in [-0.2, 0) is 6.54 Å². The van der Waals surface area contributed by atoms with Crippen LogP contribution in [0.5, 0.6) is 0 Å². The Bertz CT molecular complexity index is 533. The van der Waals surface area contributed by atoms with E-state index in [4.69, 9.17) is 5.73 Å². The Morgan fingerprint density at radius 1 is 1.50 bits per heavy atom. The van der Waals surface area contributed by atoms with Gasteiger partial charge in [0.05, 0.1) is 6.54 Å². The van der Waals surface area contributed by atoms with Crippen molar-refractivity contribution in [3.63, 3.8) is 0 Å². The highest BCUT2D eigenvalue weighted by atomic mass is 32.1. The van der Waals surface area contributed by atoms with Crippen molar-refractivity contribution in [2.24, 2.45) is 0 Å². The van der Waals surface area contributed by atoms with E-state index in [0.717, 1.165) is 4.88 Å². The summed E-state index contributed by atoms with van der Waals surface area (Å²) >= 11 is 1.62. The summed E-state index contributed by atoms with van der Waals surface area (Å²) in [5, 5.41) is 1.99. The van der Waals surface area contributed by atoms with Crippen molar-refractivity contribution in [2.45, 2.75) is 13.5 Å². The van der Waals surface area contributed by atoms with Gasteiger partial charge in [-0.05, 0) is 24.4 Å². The zero-order chi connectivity index (χ0) is 13.1. The molecule has 0 unspecified atom stereocenters. The van der Waals surface area contributed by atoms with Gasteiger partial charge in [-0.2, -0.15) is 0 Å². The van der Waals surface area contributed by atoms with Crippen LogP contribution >= 0.6 is 11.3 Å². The SMILES string of the molecule is Cc1cc(C(=O)N(C)Cc2cccs2)nc(N)n1. The molecule has 0 aromatic carbocycles. The van der Waals surface area contributed by atoms with Crippen LogP contribution < -0.4 is 5.73 Å². The van der Waals surface area contributed by atoms with Crippen molar-refractivity contribution in [1.29, 1.82) is 0 Å². The summed E-state index contributed by atoms with van der Waals surface area (Å²) in [4.78, 5) is 22.8. The van der Waals surface area contributed by atoms with Crippen LogP contribution in [0.2, 0.25) is 0 Å². The molecule has 0 aliphatic rings. The summed E-state index contributed by atoms with van der Waals surface area (Å²) in [6.07, 6.45) is 0. The highest BCUT2D eigenvalue weighted by Gasteiger charge is 2.15. The maximum Gasteiger partial charge on any atom is 0.272 e. The molecule has 2 heterocycles. The van der Waals surface area contributed by atoms with Crippen molar-refractivity contribution in [2.75, 3.05) is 12.8 Å². The molecular weight excluding hydrogens is 248 g/mol. The van der Waals surface area contributed by atoms with Crippen LogP contribution in [0.15, 0.2) is 23.6 Å². The maximum atomic E-state index is 12.2. The lowest BCUT2D eigenvalue weighted by Crippen LogP contribution is -2.27. The summed E-state index contributed by atoms with van der Waals surface area (Å²) in [5.41, 5.74) is 6.57. The molecule has 0 bridgehead atoms. The Morgan fingerprint density at radius 3 is 2.89 bits per heavy atom. The molecule has 0 spiro atoms. The highest BCUT2D eigenvalue weighted by molar-refractivity contribution is 7.09. The Kier molecular flexibility index (Phi) is 3.57. The number of nitrogens with zero attached hydrogens (tertiary/aromatic N) is 3. The van der Waals surface area contributed by atoms with Crippen molar-refractivity contribution >= 4 is 23.2 Å². The van der Waals surface area contributed by atoms with Gasteiger partial charge in [0.1, 0.15) is 5.69 Å². The Labute approximate surface area is 109 Å². The number of anilines is 1. The minimum absolute atomic E-state index is 0.128. The molecular formula is C12H14N4OS. The summed E-state index contributed by atoms with van der Waals surface area (Å²) in [6, 6.07) is 5.60. The topological polar surface area (TPSA) is 72.1 Å². The Morgan fingerprint density at radius 2 is 2.28 bits per heavy atom. The Hall–Kier alpha value is -1.95. The van der Waals surface area contributed by atoms with E-state index < -0.39 is 0 Å². The average molecular weight is 262 g/mol. The van der Waals surface area contributed by atoms with Gasteiger partial charge in [0.2, 0.25) is 5.95 Å². The van der Waals surface area contributed by atoms with Gasteiger partial charge in [-0.1, -0.05) is 6.07 Å². The van der Waals surface area contributed by atoms with Crippen LogP contribution in [0.25, 0.3) is 0 Å². The van der Waals surface area contributed by atoms with Crippen LogP contribution in [0.1, 0.15) is 21.1 Å². The first-order chi connectivity index (χ1) is 8.56. The predicted molar refractivity (Wildman–Crippen MR) is 71.3 cm³/mol. The van der Waals surface area contributed by atoms with E-state index in [1.165, 1.54) is 0 Å². The number of rotatable bonds is 3. The van der Waals surface area contributed by atoms with Crippen LogP contribution in [0.4, 0.5) is 5.95 Å². The fourth-order valence-electron chi connectivity index (χ4n) is 1.60. The molecule has 5 nitrogen and oxygen atoms in total. The zero-order valence-corrected chi connectivity index (χ0v) is 11.1. The number of nitrogen functional groups attached to an aromatic ring is 1. The molecule has 2 N–H and O–H groups in total. The predicted octanol–water partition coefficient (Wildman–Crippen LogP) is 1.70. The molecule has 0 aliphatic heterocycles. The third kappa shape index (κ3) is 2.84. The van der Waals surface area contributed by atoms with Crippen LogP contribution in [0.3, 0.4) is 0 Å². The molecule has 0 radical (unpaired) electrons. The first kappa shape index (κ1) is 12.5. The van der Waals surface area contributed by atoms with Gasteiger partial charge >= 0.3 is 0 Å². The molecule has 0 fully saturated rings. The van der Waals surface area contributed by atoms with E-state index in [1.807, 2.05) is 17.5 Å². The second kappa shape index (κ2) is 5.14. The molecule has 2 aromatic heterocycles. The summed E-state index contributed by atoms with van der Waals surface area (Å²) in [5.74, 6) is -0.0246. The molecule has 1 amide bonds. The molecule has 0 aliphatic carbocycles. The lowest BCUT2D eigenvalue weighted by Gasteiger charge is -2.15. The van der Waals surface area contributed by atoms with Crippen molar-refractivity contribution in [3.05, 3.63) is 39.8 Å². The highest BCUT2D eigenvalue weighted by Crippen LogP contribution is 2.13. The minimum atomic E-state index is -0.152. The third-order valence-corrected chi connectivity index (χ3v) is 3.27. The maximum absolute atomic E-state index is 12.2. The summed E-state index contributed by atoms with van der Waals surface area (Å²) < 4.78 is 0. The average Bonchev–Trinajstić information content (AvgIpc) is 2.79. The second-order valence-corrected chi connectivity index (χ2v) is 5.03. The van der Waals surface area contributed by atoms with E-state index in [1.54, 1.807) is 36.3 Å². The van der Waals surface area contributed by atoms with Gasteiger partial charge in [-0.15, -0.1) is 11.3 Å². The number of amides is 1. The molecule has 2 rings (SSSR count). The number of carbonyl (C=O) groups excluding carboxylic acids is 1. The molecule has 18 heavy (non-hydrogen) atoms. The smallest absolute Gasteiger partial charge is 0.272 e. The molecule has 2 aromatic rings. The number of nitrogens with two attached hydrogens (primary N) is 1.